The number of thiazole rings is 1. The SMILES string of the molecule is O=C(NC[C@H]1CCCO1)c1csc(Nc2cccc(Cl)c2)n1. The van der Waals surface area contributed by atoms with E-state index in [1.807, 2.05) is 12.1 Å². The van der Waals surface area contributed by atoms with E-state index in [9.17, 15) is 4.79 Å². The maximum Gasteiger partial charge on any atom is 0.270 e. The normalized spacial score (nSPS) is 17.4. The highest BCUT2D eigenvalue weighted by molar-refractivity contribution is 7.14. The first kappa shape index (κ1) is 15.3. The predicted molar refractivity (Wildman–Crippen MR) is 88.2 cm³/mol. The van der Waals surface area contributed by atoms with Crippen molar-refractivity contribution in [1.82, 2.24) is 10.3 Å². The lowest BCUT2D eigenvalue weighted by Crippen LogP contribution is -2.31. The number of carbonyl (C=O) groups is 1. The third kappa shape index (κ3) is 3.97. The van der Waals surface area contributed by atoms with E-state index in [4.69, 9.17) is 16.3 Å². The standard InChI is InChI=1S/C15H16ClN3O2S/c16-10-3-1-4-11(7-10)18-15-19-13(9-22-15)14(20)17-8-12-5-2-6-21-12/h1,3-4,7,9,12H,2,5-6,8H2,(H,17,20)(H,18,19)/t12-/m1/s1. The van der Waals surface area contributed by atoms with E-state index in [0.29, 0.717) is 22.4 Å². The molecule has 2 heterocycles. The Hall–Kier alpha value is -1.63. The van der Waals surface area contributed by atoms with Gasteiger partial charge in [-0.3, -0.25) is 4.79 Å². The first-order chi connectivity index (χ1) is 10.7. The molecule has 1 aromatic carbocycles. The zero-order valence-electron chi connectivity index (χ0n) is 11.8. The molecule has 0 aliphatic carbocycles. The van der Waals surface area contributed by atoms with Crippen molar-refractivity contribution < 1.29 is 9.53 Å². The fourth-order valence-corrected chi connectivity index (χ4v) is 3.13. The number of ether oxygens (including phenoxy) is 1. The van der Waals surface area contributed by atoms with Gasteiger partial charge in [0.15, 0.2) is 5.13 Å². The quantitative estimate of drug-likeness (QED) is 0.877. The molecular formula is C15H16ClN3O2S. The molecule has 2 N–H and O–H groups in total. The van der Waals surface area contributed by atoms with Gasteiger partial charge in [-0.15, -0.1) is 11.3 Å². The monoisotopic (exact) mass is 337 g/mol. The van der Waals surface area contributed by atoms with E-state index in [1.54, 1.807) is 17.5 Å². The van der Waals surface area contributed by atoms with Gasteiger partial charge in [0.05, 0.1) is 6.10 Å². The number of halogens is 1. The molecule has 1 saturated heterocycles. The van der Waals surface area contributed by atoms with E-state index in [0.717, 1.165) is 25.1 Å². The minimum Gasteiger partial charge on any atom is -0.376 e. The molecule has 2 aromatic rings. The predicted octanol–water partition coefficient (Wildman–Crippen LogP) is 3.45. The molecule has 0 spiro atoms. The topological polar surface area (TPSA) is 63.2 Å². The number of nitrogens with one attached hydrogen (secondary N) is 2. The van der Waals surface area contributed by atoms with Crippen LogP contribution in [-0.4, -0.2) is 30.1 Å². The van der Waals surface area contributed by atoms with Gasteiger partial charge in [-0.05, 0) is 31.0 Å². The lowest BCUT2D eigenvalue weighted by atomic mass is 10.2. The van der Waals surface area contributed by atoms with Gasteiger partial charge in [0.1, 0.15) is 5.69 Å². The average molecular weight is 338 g/mol. The summed E-state index contributed by atoms with van der Waals surface area (Å²) in [4.78, 5) is 16.3. The number of carbonyl (C=O) groups excluding carboxylic acids is 1. The Morgan fingerprint density at radius 3 is 3.18 bits per heavy atom. The number of nitrogens with zero attached hydrogens (tertiary/aromatic N) is 1. The van der Waals surface area contributed by atoms with Crippen molar-refractivity contribution in [2.75, 3.05) is 18.5 Å². The Bertz CT molecular complexity index is 656. The van der Waals surface area contributed by atoms with Crippen LogP contribution < -0.4 is 10.6 Å². The van der Waals surface area contributed by atoms with Crippen LogP contribution in [0.1, 0.15) is 23.3 Å². The summed E-state index contributed by atoms with van der Waals surface area (Å²) < 4.78 is 5.48. The molecule has 1 amide bonds. The summed E-state index contributed by atoms with van der Waals surface area (Å²) >= 11 is 7.32. The molecule has 22 heavy (non-hydrogen) atoms. The summed E-state index contributed by atoms with van der Waals surface area (Å²) in [6.07, 6.45) is 2.19. The molecule has 0 saturated carbocycles. The Kier molecular flexibility index (Phi) is 4.92. The van der Waals surface area contributed by atoms with Crippen LogP contribution in [0.3, 0.4) is 0 Å². The number of anilines is 2. The second kappa shape index (κ2) is 7.09. The molecule has 1 atom stereocenters. The highest BCUT2D eigenvalue weighted by atomic mass is 35.5. The first-order valence-corrected chi connectivity index (χ1v) is 8.34. The van der Waals surface area contributed by atoms with Crippen LogP contribution in [0, 0.1) is 0 Å². The molecule has 1 aliphatic heterocycles. The molecule has 1 fully saturated rings. The van der Waals surface area contributed by atoms with E-state index in [2.05, 4.69) is 15.6 Å². The first-order valence-electron chi connectivity index (χ1n) is 7.08. The summed E-state index contributed by atoms with van der Waals surface area (Å²) in [5.41, 5.74) is 1.25. The van der Waals surface area contributed by atoms with Gasteiger partial charge in [0.2, 0.25) is 0 Å². The zero-order chi connectivity index (χ0) is 15.4. The smallest absolute Gasteiger partial charge is 0.270 e. The fourth-order valence-electron chi connectivity index (χ4n) is 2.23. The Morgan fingerprint density at radius 2 is 2.41 bits per heavy atom. The third-order valence-corrected chi connectivity index (χ3v) is 4.32. The summed E-state index contributed by atoms with van der Waals surface area (Å²) in [5.74, 6) is -0.175. The van der Waals surface area contributed by atoms with Crippen molar-refractivity contribution in [2.24, 2.45) is 0 Å². The Labute approximate surface area is 137 Å². The number of hydrogen-bond donors (Lipinski definition) is 2. The van der Waals surface area contributed by atoms with Crippen LogP contribution in [0.2, 0.25) is 5.02 Å². The number of rotatable bonds is 5. The van der Waals surface area contributed by atoms with Gasteiger partial charge in [0.25, 0.3) is 5.91 Å². The van der Waals surface area contributed by atoms with Crippen LogP contribution >= 0.6 is 22.9 Å². The fraction of sp³-hybridized carbons (Fsp3) is 0.333. The number of aromatic nitrogens is 1. The zero-order valence-corrected chi connectivity index (χ0v) is 13.4. The van der Waals surface area contributed by atoms with Crippen molar-refractivity contribution >= 4 is 39.7 Å². The molecule has 3 rings (SSSR count). The second-order valence-corrected chi connectivity index (χ2v) is 6.31. The lowest BCUT2D eigenvalue weighted by Gasteiger charge is -2.09. The van der Waals surface area contributed by atoms with Crippen molar-refractivity contribution in [3.05, 3.63) is 40.4 Å². The summed E-state index contributed by atoms with van der Waals surface area (Å²) in [5, 5.41) is 9.03. The molecule has 116 valence electrons. The number of hydrogen-bond acceptors (Lipinski definition) is 5. The summed E-state index contributed by atoms with van der Waals surface area (Å²) in [6, 6.07) is 7.36. The highest BCUT2D eigenvalue weighted by Gasteiger charge is 2.17. The molecule has 0 unspecified atom stereocenters. The van der Waals surface area contributed by atoms with Gasteiger partial charge in [-0.1, -0.05) is 17.7 Å². The minimum atomic E-state index is -0.175. The maximum absolute atomic E-state index is 12.0. The van der Waals surface area contributed by atoms with Crippen LogP contribution in [0.5, 0.6) is 0 Å². The van der Waals surface area contributed by atoms with Crippen molar-refractivity contribution in [1.29, 1.82) is 0 Å². The molecule has 1 aromatic heterocycles. The summed E-state index contributed by atoms with van der Waals surface area (Å²) in [7, 11) is 0. The Balaban J connectivity index is 1.57. The number of benzene rings is 1. The van der Waals surface area contributed by atoms with Crippen molar-refractivity contribution in [2.45, 2.75) is 18.9 Å². The van der Waals surface area contributed by atoms with Crippen molar-refractivity contribution in [3.8, 4) is 0 Å². The molecule has 0 radical (unpaired) electrons. The second-order valence-electron chi connectivity index (χ2n) is 5.02. The minimum absolute atomic E-state index is 0.131. The number of amides is 1. The van der Waals surface area contributed by atoms with Crippen LogP contribution in [0.4, 0.5) is 10.8 Å². The molecule has 0 bridgehead atoms. The van der Waals surface area contributed by atoms with Gasteiger partial charge >= 0.3 is 0 Å². The highest BCUT2D eigenvalue weighted by Crippen LogP contribution is 2.23. The van der Waals surface area contributed by atoms with Crippen LogP contribution in [0.25, 0.3) is 0 Å². The lowest BCUT2D eigenvalue weighted by molar-refractivity contribution is 0.0854. The van der Waals surface area contributed by atoms with E-state index in [-0.39, 0.29) is 12.0 Å². The van der Waals surface area contributed by atoms with Crippen molar-refractivity contribution in [3.63, 3.8) is 0 Å². The van der Waals surface area contributed by atoms with Crippen LogP contribution in [-0.2, 0) is 4.74 Å². The summed E-state index contributed by atoms with van der Waals surface area (Å²) in [6.45, 7) is 1.32. The van der Waals surface area contributed by atoms with Gasteiger partial charge in [-0.25, -0.2) is 4.98 Å². The average Bonchev–Trinajstić information content (AvgIpc) is 3.16. The van der Waals surface area contributed by atoms with Gasteiger partial charge in [-0.2, -0.15) is 0 Å². The Morgan fingerprint density at radius 1 is 1.50 bits per heavy atom. The maximum atomic E-state index is 12.0. The molecular weight excluding hydrogens is 322 g/mol. The van der Waals surface area contributed by atoms with Crippen LogP contribution in [0.15, 0.2) is 29.6 Å². The van der Waals surface area contributed by atoms with E-state index >= 15 is 0 Å². The largest absolute Gasteiger partial charge is 0.376 e. The van der Waals surface area contributed by atoms with Gasteiger partial charge in [0, 0.05) is 29.2 Å². The van der Waals surface area contributed by atoms with Gasteiger partial charge < -0.3 is 15.4 Å². The third-order valence-electron chi connectivity index (χ3n) is 3.33. The molecule has 1 aliphatic rings. The van der Waals surface area contributed by atoms with E-state index < -0.39 is 0 Å². The van der Waals surface area contributed by atoms with E-state index in [1.165, 1.54) is 11.3 Å². The molecule has 5 nitrogen and oxygen atoms in total. The molecule has 7 heteroatoms.